The zero-order valence-corrected chi connectivity index (χ0v) is 11.0. The van der Waals surface area contributed by atoms with Crippen LogP contribution in [0.2, 0.25) is 0 Å². The minimum absolute atomic E-state index is 0.304. The van der Waals surface area contributed by atoms with Crippen molar-refractivity contribution in [3.63, 3.8) is 0 Å². The molecule has 2 aromatic rings. The molecule has 3 N–H and O–H groups in total. The largest absolute Gasteiger partial charge is 0.478 e. The maximum absolute atomic E-state index is 10.8. The SMILES string of the molecule is O=C(O)c1ccc(NCc2cccc3c2NCC3)cc1. The fourth-order valence-electron chi connectivity index (χ4n) is 2.49. The number of fused-ring (bicyclic) bond motifs is 1. The predicted molar refractivity (Wildman–Crippen MR) is 79.4 cm³/mol. The third kappa shape index (κ3) is 2.45. The summed E-state index contributed by atoms with van der Waals surface area (Å²) in [4.78, 5) is 10.8. The van der Waals surface area contributed by atoms with E-state index >= 15 is 0 Å². The number of aromatic carboxylic acids is 1. The highest BCUT2D eigenvalue weighted by atomic mass is 16.4. The van der Waals surface area contributed by atoms with E-state index in [-0.39, 0.29) is 0 Å². The van der Waals surface area contributed by atoms with Crippen molar-refractivity contribution in [3.05, 3.63) is 59.2 Å². The third-order valence-electron chi connectivity index (χ3n) is 3.55. The van der Waals surface area contributed by atoms with Crippen molar-refractivity contribution in [3.8, 4) is 0 Å². The Morgan fingerprint density at radius 1 is 1.20 bits per heavy atom. The zero-order valence-electron chi connectivity index (χ0n) is 11.0. The lowest BCUT2D eigenvalue weighted by Crippen LogP contribution is -2.03. The molecule has 4 heteroatoms. The molecule has 0 radical (unpaired) electrons. The maximum atomic E-state index is 10.8. The standard InChI is InChI=1S/C16H16N2O2/c19-16(20)12-4-6-14(7-5-12)18-10-13-3-1-2-11-8-9-17-15(11)13/h1-7,17-18H,8-10H2,(H,19,20). The van der Waals surface area contributed by atoms with E-state index in [1.165, 1.54) is 16.8 Å². The fraction of sp³-hybridized carbons (Fsp3) is 0.188. The summed E-state index contributed by atoms with van der Waals surface area (Å²) >= 11 is 0. The quantitative estimate of drug-likeness (QED) is 0.797. The lowest BCUT2D eigenvalue weighted by Gasteiger charge is -2.11. The highest BCUT2D eigenvalue weighted by Gasteiger charge is 2.13. The van der Waals surface area contributed by atoms with Gasteiger partial charge in [0.1, 0.15) is 0 Å². The second-order valence-electron chi connectivity index (χ2n) is 4.86. The normalized spacial score (nSPS) is 12.6. The summed E-state index contributed by atoms with van der Waals surface area (Å²) in [6, 6.07) is 13.1. The maximum Gasteiger partial charge on any atom is 0.335 e. The Kier molecular flexibility index (Phi) is 3.29. The van der Waals surface area contributed by atoms with Crippen LogP contribution in [0.25, 0.3) is 0 Å². The molecule has 2 aromatic carbocycles. The number of para-hydroxylation sites is 1. The molecule has 4 nitrogen and oxygen atoms in total. The minimum atomic E-state index is -0.901. The molecule has 0 saturated heterocycles. The monoisotopic (exact) mass is 268 g/mol. The van der Waals surface area contributed by atoms with E-state index in [1.807, 2.05) is 0 Å². The molecule has 0 amide bonds. The second-order valence-corrected chi connectivity index (χ2v) is 4.86. The predicted octanol–water partition coefficient (Wildman–Crippen LogP) is 2.96. The Balaban J connectivity index is 1.71. The summed E-state index contributed by atoms with van der Waals surface area (Å²) in [6.45, 7) is 1.72. The molecule has 20 heavy (non-hydrogen) atoms. The molecule has 0 atom stereocenters. The second kappa shape index (κ2) is 5.25. The van der Waals surface area contributed by atoms with E-state index in [9.17, 15) is 4.79 Å². The van der Waals surface area contributed by atoms with Gasteiger partial charge in [-0.1, -0.05) is 18.2 Å². The van der Waals surface area contributed by atoms with Gasteiger partial charge < -0.3 is 15.7 Å². The van der Waals surface area contributed by atoms with E-state index in [0.29, 0.717) is 5.56 Å². The van der Waals surface area contributed by atoms with Gasteiger partial charge in [-0.15, -0.1) is 0 Å². The van der Waals surface area contributed by atoms with Crippen molar-refractivity contribution in [2.45, 2.75) is 13.0 Å². The van der Waals surface area contributed by atoms with Gasteiger partial charge in [-0.3, -0.25) is 0 Å². The van der Waals surface area contributed by atoms with Gasteiger partial charge in [0.2, 0.25) is 0 Å². The molecule has 102 valence electrons. The molecule has 0 saturated carbocycles. The summed E-state index contributed by atoms with van der Waals surface area (Å²) in [5.74, 6) is -0.901. The lowest BCUT2D eigenvalue weighted by molar-refractivity contribution is 0.0697. The average Bonchev–Trinajstić information content (AvgIpc) is 2.94. The van der Waals surface area contributed by atoms with Crippen LogP contribution in [0.4, 0.5) is 11.4 Å². The number of nitrogens with one attached hydrogen (secondary N) is 2. The van der Waals surface area contributed by atoms with Crippen molar-refractivity contribution in [2.75, 3.05) is 17.2 Å². The first-order chi connectivity index (χ1) is 9.74. The van der Waals surface area contributed by atoms with Crippen LogP contribution in [0.1, 0.15) is 21.5 Å². The molecule has 1 heterocycles. The van der Waals surface area contributed by atoms with E-state index in [1.54, 1.807) is 24.3 Å². The molecule has 0 aliphatic carbocycles. The molecule has 0 bridgehead atoms. The number of anilines is 2. The van der Waals surface area contributed by atoms with Crippen LogP contribution >= 0.6 is 0 Å². The van der Waals surface area contributed by atoms with Crippen molar-refractivity contribution in [2.24, 2.45) is 0 Å². The van der Waals surface area contributed by atoms with E-state index in [2.05, 4.69) is 28.8 Å². The van der Waals surface area contributed by atoms with Crippen molar-refractivity contribution < 1.29 is 9.90 Å². The van der Waals surface area contributed by atoms with Crippen molar-refractivity contribution in [1.29, 1.82) is 0 Å². The van der Waals surface area contributed by atoms with Crippen molar-refractivity contribution in [1.82, 2.24) is 0 Å². The highest BCUT2D eigenvalue weighted by Crippen LogP contribution is 2.27. The number of rotatable bonds is 4. The van der Waals surface area contributed by atoms with E-state index < -0.39 is 5.97 Å². The van der Waals surface area contributed by atoms with Gasteiger partial charge in [0, 0.05) is 24.5 Å². The molecule has 0 fully saturated rings. The molecular weight excluding hydrogens is 252 g/mol. The molecule has 0 spiro atoms. The molecule has 1 aliphatic heterocycles. The van der Waals surface area contributed by atoms with Gasteiger partial charge in [0.25, 0.3) is 0 Å². The third-order valence-corrected chi connectivity index (χ3v) is 3.55. The van der Waals surface area contributed by atoms with Crippen LogP contribution < -0.4 is 10.6 Å². The van der Waals surface area contributed by atoms with Gasteiger partial charge in [-0.2, -0.15) is 0 Å². The summed E-state index contributed by atoms with van der Waals surface area (Å²) in [6.07, 6.45) is 1.08. The van der Waals surface area contributed by atoms with Gasteiger partial charge in [0.15, 0.2) is 0 Å². The van der Waals surface area contributed by atoms with Crippen LogP contribution in [-0.2, 0) is 13.0 Å². The smallest absolute Gasteiger partial charge is 0.335 e. The minimum Gasteiger partial charge on any atom is -0.478 e. The van der Waals surface area contributed by atoms with E-state index in [4.69, 9.17) is 5.11 Å². The van der Waals surface area contributed by atoms with Gasteiger partial charge in [0.05, 0.1) is 5.56 Å². The first-order valence-corrected chi connectivity index (χ1v) is 6.66. The van der Waals surface area contributed by atoms with Crippen LogP contribution in [0.5, 0.6) is 0 Å². The highest BCUT2D eigenvalue weighted by molar-refractivity contribution is 5.88. The topological polar surface area (TPSA) is 61.4 Å². The number of carboxylic acid groups (broad SMARTS) is 1. The molecule has 1 aliphatic rings. The van der Waals surface area contributed by atoms with Gasteiger partial charge in [-0.25, -0.2) is 4.79 Å². The van der Waals surface area contributed by atoms with Gasteiger partial charge in [-0.05, 0) is 41.8 Å². The molecule has 0 aromatic heterocycles. The fourth-order valence-corrected chi connectivity index (χ4v) is 2.49. The first kappa shape index (κ1) is 12.5. The Morgan fingerprint density at radius 3 is 2.75 bits per heavy atom. The Bertz CT molecular complexity index is 635. The molecule has 0 unspecified atom stereocenters. The average molecular weight is 268 g/mol. The summed E-state index contributed by atoms with van der Waals surface area (Å²) in [5, 5.41) is 15.6. The van der Waals surface area contributed by atoms with Crippen molar-refractivity contribution >= 4 is 17.3 Å². The Labute approximate surface area is 117 Å². The Hall–Kier alpha value is -2.49. The number of carboxylic acids is 1. The van der Waals surface area contributed by atoms with E-state index in [0.717, 1.165) is 25.2 Å². The number of carbonyl (C=O) groups is 1. The zero-order chi connectivity index (χ0) is 13.9. The first-order valence-electron chi connectivity index (χ1n) is 6.66. The molecule has 3 rings (SSSR count). The Morgan fingerprint density at radius 2 is 2.00 bits per heavy atom. The van der Waals surface area contributed by atoms with Crippen LogP contribution in [0.15, 0.2) is 42.5 Å². The summed E-state index contributed by atoms with van der Waals surface area (Å²) in [7, 11) is 0. The summed E-state index contributed by atoms with van der Waals surface area (Å²) in [5.41, 5.74) is 5.07. The lowest BCUT2D eigenvalue weighted by atomic mass is 10.1. The summed E-state index contributed by atoms with van der Waals surface area (Å²) < 4.78 is 0. The number of hydrogen-bond acceptors (Lipinski definition) is 3. The number of hydrogen-bond donors (Lipinski definition) is 3. The van der Waals surface area contributed by atoms with Crippen LogP contribution in [0.3, 0.4) is 0 Å². The van der Waals surface area contributed by atoms with Crippen LogP contribution in [0, 0.1) is 0 Å². The van der Waals surface area contributed by atoms with Crippen LogP contribution in [-0.4, -0.2) is 17.6 Å². The number of benzene rings is 2. The molecular formula is C16H16N2O2. The van der Waals surface area contributed by atoms with Gasteiger partial charge >= 0.3 is 5.97 Å².